The average Bonchev–Trinajstić information content (AvgIpc) is 2.99. The van der Waals surface area contributed by atoms with Gasteiger partial charge in [0.2, 0.25) is 5.88 Å². The number of nitrogens with zero attached hydrogens (tertiary/aromatic N) is 2. The van der Waals surface area contributed by atoms with Gasteiger partial charge in [-0.15, -0.1) is 0 Å². The Balaban J connectivity index is 1.76. The minimum absolute atomic E-state index is 0.125. The highest BCUT2D eigenvalue weighted by Crippen LogP contribution is 2.33. The van der Waals surface area contributed by atoms with Crippen LogP contribution < -0.4 is 9.47 Å². The standard InChI is InChI=1S/C19H16FN3O2/c1-3-24-12-4-5-13-16(9-12)21-10-22-19(13)25-17-7-6-15-14(18(17)20)8-11(2)23-15/h4-10,23H,3H2,1-2H3. The van der Waals surface area contributed by atoms with E-state index >= 15 is 0 Å². The molecule has 0 spiro atoms. The average molecular weight is 337 g/mol. The first-order chi connectivity index (χ1) is 12.2. The molecule has 0 aliphatic heterocycles. The second-order valence-corrected chi connectivity index (χ2v) is 5.68. The van der Waals surface area contributed by atoms with Gasteiger partial charge in [-0.2, -0.15) is 0 Å². The second-order valence-electron chi connectivity index (χ2n) is 5.68. The molecule has 0 bridgehead atoms. The number of hydrogen-bond donors (Lipinski definition) is 1. The van der Waals surface area contributed by atoms with Crippen LogP contribution >= 0.6 is 0 Å². The summed E-state index contributed by atoms with van der Waals surface area (Å²) in [6.45, 7) is 4.37. The molecule has 25 heavy (non-hydrogen) atoms. The van der Waals surface area contributed by atoms with Gasteiger partial charge in [-0.3, -0.25) is 0 Å². The summed E-state index contributed by atoms with van der Waals surface area (Å²) in [6.07, 6.45) is 1.39. The number of rotatable bonds is 4. The molecule has 0 saturated carbocycles. The number of ether oxygens (including phenoxy) is 2. The van der Waals surface area contributed by atoms with E-state index in [4.69, 9.17) is 9.47 Å². The molecule has 0 fully saturated rings. The maximum Gasteiger partial charge on any atom is 0.230 e. The van der Waals surface area contributed by atoms with Crippen molar-refractivity contribution in [1.29, 1.82) is 0 Å². The fourth-order valence-corrected chi connectivity index (χ4v) is 2.82. The third kappa shape index (κ3) is 2.76. The van der Waals surface area contributed by atoms with Crippen molar-refractivity contribution in [3.8, 4) is 17.4 Å². The molecule has 4 aromatic rings. The molecule has 0 amide bonds. The summed E-state index contributed by atoms with van der Waals surface area (Å²) in [7, 11) is 0. The summed E-state index contributed by atoms with van der Waals surface area (Å²) >= 11 is 0. The Hall–Kier alpha value is -3.15. The first-order valence-corrected chi connectivity index (χ1v) is 7.99. The Morgan fingerprint density at radius 3 is 2.80 bits per heavy atom. The van der Waals surface area contributed by atoms with Crippen LogP contribution in [0.5, 0.6) is 17.4 Å². The second kappa shape index (κ2) is 6.05. The third-order valence-electron chi connectivity index (χ3n) is 3.93. The molecule has 0 aliphatic carbocycles. The number of hydrogen-bond acceptors (Lipinski definition) is 4. The molecule has 2 aromatic carbocycles. The Bertz CT molecular complexity index is 1080. The molecule has 0 aliphatic rings. The predicted octanol–water partition coefficient (Wildman–Crippen LogP) is 4.75. The highest BCUT2D eigenvalue weighted by atomic mass is 19.1. The van der Waals surface area contributed by atoms with Gasteiger partial charge in [0.15, 0.2) is 11.6 Å². The molecule has 6 heteroatoms. The van der Waals surface area contributed by atoms with Crippen LogP contribution in [0.15, 0.2) is 42.7 Å². The number of aromatic nitrogens is 3. The molecule has 4 rings (SSSR count). The highest BCUT2D eigenvalue weighted by molar-refractivity contribution is 5.86. The van der Waals surface area contributed by atoms with Crippen molar-refractivity contribution in [2.45, 2.75) is 13.8 Å². The summed E-state index contributed by atoms with van der Waals surface area (Å²) in [5.41, 5.74) is 2.30. The van der Waals surface area contributed by atoms with Gasteiger partial charge in [-0.25, -0.2) is 14.4 Å². The van der Waals surface area contributed by atoms with Crippen molar-refractivity contribution in [3.63, 3.8) is 0 Å². The molecule has 2 aromatic heterocycles. The van der Waals surface area contributed by atoms with E-state index in [0.29, 0.717) is 28.8 Å². The maximum atomic E-state index is 14.7. The van der Waals surface area contributed by atoms with E-state index in [1.807, 2.05) is 32.0 Å². The van der Waals surface area contributed by atoms with Crippen LogP contribution in [0.1, 0.15) is 12.6 Å². The number of fused-ring (bicyclic) bond motifs is 2. The van der Waals surface area contributed by atoms with Gasteiger partial charge in [0.25, 0.3) is 0 Å². The van der Waals surface area contributed by atoms with E-state index < -0.39 is 5.82 Å². The lowest BCUT2D eigenvalue weighted by Crippen LogP contribution is -1.95. The number of nitrogens with one attached hydrogen (secondary N) is 1. The monoisotopic (exact) mass is 337 g/mol. The third-order valence-corrected chi connectivity index (χ3v) is 3.93. The van der Waals surface area contributed by atoms with Gasteiger partial charge < -0.3 is 14.5 Å². The van der Waals surface area contributed by atoms with E-state index in [9.17, 15) is 4.39 Å². The Kier molecular flexibility index (Phi) is 3.72. The topological polar surface area (TPSA) is 60.0 Å². The molecule has 1 N–H and O–H groups in total. The van der Waals surface area contributed by atoms with Crippen LogP contribution in [0.4, 0.5) is 4.39 Å². The Morgan fingerprint density at radius 1 is 1.08 bits per heavy atom. The first kappa shape index (κ1) is 15.4. The molecule has 5 nitrogen and oxygen atoms in total. The van der Waals surface area contributed by atoms with Crippen molar-refractivity contribution < 1.29 is 13.9 Å². The van der Waals surface area contributed by atoms with Crippen molar-refractivity contribution in [2.75, 3.05) is 6.61 Å². The minimum atomic E-state index is -0.417. The van der Waals surface area contributed by atoms with Crippen LogP contribution in [0.2, 0.25) is 0 Å². The van der Waals surface area contributed by atoms with Crippen molar-refractivity contribution in [3.05, 3.63) is 54.2 Å². The number of aromatic amines is 1. The maximum absolute atomic E-state index is 14.7. The van der Waals surface area contributed by atoms with Crippen LogP contribution in [0, 0.1) is 12.7 Å². The zero-order chi connectivity index (χ0) is 17.4. The summed E-state index contributed by atoms with van der Waals surface area (Å²) in [6, 6.07) is 10.6. The van der Waals surface area contributed by atoms with Crippen LogP contribution in [0.3, 0.4) is 0 Å². The van der Waals surface area contributed by atoms with Gasteiger partial charge >= 0.3 is 0 Å². The van der Waals surface area contributed by atoms with Crippen LogP contribution in [-0.4, -0.2) is 21.6 Å². The van der Waals surface area contributed by atoms with Gasteiger partial charge in [0.05, 0.1) is 17.5 Å². The number of halogens is 1. The SMILES string of the molecule is CCOc1ccc2c(Oc3ccc4[nH]c(C)cc4c3F)ncnc2c1. The zero-order valence-corrected chi connectivity index (χ0v) is 13.8. The smallest absolute Gasteiger partial charge is 0.230 e. The highest BCUT2D eigenvalue weighted by Gasteiger charge is 2.14. The van der Waals surface area contributed by atoms with Crippen molar-refractivity contribution in [2.24, 2.45) is 0 Å². The van der Waals surface area contributed by atoms with E-state index in [0.717, 1.165) is 17.0 Å². The van der Waals surface area contributed by atoms with Gasteiger partial charge in [-0.1, -0.05) is 0 Å². The molecule has 126 valence electrons. The lowest BCUT2D eigenvalue weighted by Gasteiger charge is -2.10. The first-order valence-electron chi connectivity index (χ1n) is 7.99. The molecule has 2 heterocycles. The Morgan fingerprint density at radius 2 is 1.96 bits per heavy atom. The number of H-pyrrole nitrogens is 1. The molecule has 0 unspecified atom stereocenters. The molecular formula is C19H16FN3O2. The van der Waals surface area contributed by atoms with Gasteiger partial charge in [-0.05, 0) is 44.2 Å². The van der Waals surface area contributed by atoms with Crippen molar-refractivity contribution >= 4 is 21.8 Å². The van der Waals surface area contributed by atoms with Gasteiger partial charge in [0.1, 0.15) is 12.1 Å². The number of aryl methyl sites for hydroxylation is 1. The zero-order valence-electron chi connectivity index (χ0n) is 13.8. The summed E-state index contributed by atoms with van der Waals surface area (Å²) in [5.74, 6) is 0.730. The normalized spacial score (nSPS) is 11.2. The molecular weight excluding hydrogens is 321 g/mol. The Labute approximate surface area is 143 Å². The minimum Gasteiger partial charge on any atom is -0.494 e. The summed E-state index contributed by atoms with van der Waals surface area (Å²) < 4.78 is 26.0. The van der Waals surface area contributed by atoms with E-state index in [1.165, 1.54) is 6.33 Å². The van der Waals surface area contributed by atoms with E-state index in [-0.39, 0.29) is 5.75 Å². The number of benzene rings is 2. The predicted molar refractivity (Wildman–Crippen MR) is 93.8 cm³/mol. The molecule has 0 saturated heterocycles. The largest absolute Gasteiger partial charge is 0.494 e. The fraction of sp³-hybridized carbons (Fsp3) is 0.158. The summed E-state index contributed by atoms with van der Waals surface area (Å²) in [4.78, 5) is 11.5. The fourth-order valence-electron chi connectivity index (χ4n) is 2.82. The van der Waals surface area contributed by atoms with Crippen LogP contribution in [0.25, 0.3) is 21.8 Å². The lowest BCUT2D eigenvalue weighted by molar-refractivity contribution is 0.340. The van der Waals surface area contributed by atoms with E-state index in [1.54, 1.807) is 18.2 Å². The van der Waals surface area contributed by atoms with E-state index in [2.05, 4.69) is 15.0 Å². The molecule has 0 radical (unpaired) electrons. The molecule has 0 atom stereocenters. The lowest BCUT2D eigenvalue weighted by atomic mass is 10.2. The summed E-state index contributed by atoms with van der Waals surface area (Å²) in [5, 5.41) is 1.18. The van der Waals surface area contributed by atoms with Gasteiger partial charge in [0, 0.05) is 22.7 Å². The van der Waals surface area contributed by atoms with Crippen molar-refractivity contribution in [1.82, 2.24) is 15.0 Å². The quantitative estimate of drug-likeness (QED) is 0.584. The van der Waals surface area contributed by atoms with Crippen LogP contribution in [-0.2, 0) is 0 Å².